The van der Waals surface area contributed by atoms with Crippen molar-refractivity contribution in [3.63, 3.8) is 0 Å². The fraction of sp³-hybridized carbons (Fsp3) is 0.500. The van der Waals surface area contributed by atoms with Crippen molar-refractivity contribution >= 4 is 17.9 Å². The predicted octanol–water partition coefficient (Wildman–Crippen LogP) is -3.73. The molecule has 0 saturated carbocycles. The second kappa shape index (κ2) is 17.2. The van der Waals surface area contributed by atoms with Gasteiger partial charge in [0.2, 0.25) is 0 Å². The maximum Gasteiger partial charge on any atom is 0.0383 e. The van der Waals surface area contributed by atoms with Gasteiger partial charge in [0.15, 0.2) is 0 Å². The van der Waals surface area contributed by atoms with Crippen molar-refractivity contribution in [3.8, 4) is 0 Å². The molecule has 0 aliphatic carbocycles. The van der Waals surface area contributed by atoms with E-state index in [4.69, 9.17) is 29.7 Å². The minimum Gasteiger partial charge on any atom is -0.550 e. The van der Waals surface area contributed by atoms with Gasteiger partial charge in [0.05, 0.1) is 0 Å². The molecule has 0 fully saturated rings. The molecule has 0 saturated heterocycles. The number of aliphatic carboxylic acids is 3. The van der Waals surface area contributed by atoms with Crippen molar-refractivity contribution in [1.82, 2.24) is 0 Å². The van der Waals surface area contributed by atoms with Crippen molar-refractivity contribution < 1.29 is 50.1 Å². The second-order valence-electron chi connectivity index (χ2n) is 1.47. The molecule has 0 atom stereocenters. The van der Waals surface area contributed by atoms with Crippen LogP contribution in [0.2, 0.25) is 0 Å². The number of carboxylic acid groups (broad SMARTS) is 3. The molecule has 0 spiro atoms. The summed E-state index contributed by atoms with van der Waals surface area (Å²) in [4.78, 5) is 26.7. The largest absolute Gasteiger partial charge is 0.550 e. The Balaban J connectivity index is -0.0000000450. The Morgan fingerprint density at radius 2 is 0.692 bits per heavy atom. The number of carbonyl (C=O) groups is 3. The minimum atomic E-state index is -1.08. The maximum absolute atomic E-state index is 8.89. The Bertz CT molecular complexity index is 115. The van der Waals surface area contributed by atoms with E-state index in [1.165, 1.54) is 0 Å². The fourth-order valence-corrected chi connectivity index (χ4v) is 0. The van der Waals surface area contributed by atoms with Crippen molar-refractivity contribution in [1.29, 1.82) is 0 Å². The Labute approximate surface area is 89.2 Å². The standard InChI is InChI=1S/3C2H4O2.Pd/c3*1-2(3)4;/h3*1H3,(H,3,4);/p-3. The molecule has 0 aromatic rings. The zero-order chi connectivity index (χ0) is 10.7. The van der Waals surface area contributed by atoms with Crippen molar-refractivity contribution in [2.45, 2.75) is 20.8 Å². The third kappa shape index (κ3) is 1060. The molecule has 0 heterocycles. The Morgan fingerprint density at radius 3 is 0.692 bits per heavy atom. The van der Waals surface area contributed by atoms with Crippen LogP contribution in [0.15, 0.2) is 0 Å². The van der Waals surface area contributed by atoms with Crippen LogP contribution in [0.3, 0.4) is 0 Å². The zero-order valence-electron chi connectivity index (χ0n) is 7.27. The van der Waals surface area contributed by atoms with Gasteiger partial charge >= 0.3 is 0 Å². The fourth-order valence-electron chi connectivity index (χ4n) is 0. The van der Waals surface area contributed by atoms with Crippen LogP contribution in [0.25, 0.3) is 0 Å². The van der Waals surface area contributed by atoms with Crippen LogP contribution in [0.1, 0.15) is 20.8 Å². The monoisotopic (exact) mass is 283 g/mol. The van der Waals surface area contributed by atoms with E-state index in [0.29, 0.717) is 0 Å². The van der Waals surface area contributed by atoms with Gasteiger partial charge in [0.1, 0.15) is 0 Å². The van der Waals surface area contributed by atoms with Crippen molar-refractivity contribution in [2.24, 2.45) is 0 Å². The first-order valence-electron chi connectivity index (χ1n) is 2.72. The van der Waals surface area contributed by atoms with Crippen LogP contribution in [0.4, 0.5) is 0 Å². The van der Waals surface area contributed by atoms with Crippen LogP contribution in [-0.2, 0) is 34.8 Å². The third-order valence-corrected chi connectivity index (χ3v) is 0. The van der Waals surface area contributed by atoms with E-state index in [9.17, 15) is 0 Å². The number of rotatable bonds is 0. The maximum atomic E-state index is 8.89. The molecule has 0 aliphatic rings. The molecule has 0 N–H and O–H groups in total. The molecule has 7 heteroatoms. The van der Waals surface area contributed by atoms with Gasteiger partial charge in [-0.1, -0.05) is 0 Å². The van der Waals surface area contributed by atoms with Gasteiger partial charge in [-0.05, 0) is 20.8 Å². The van der Waals surface area contributed by atoms with Gasteiger partial charge in [0, 0.05) is 38.3 Å². The summed E-state index contributed by atoms with van der Waals surface area (Å²) in [6.45, 7) is 2.92. The number of carboxylic acids is 3. The number of carbonyl (C=O) groups excluding carboxylic acids is 3. The summed E-state index contributed by atoms with van der Waals surface area (Å²) < 4.78 is 0. The minimum absolute atomic E-state index is 0. The van der Waals surface area contributed by atoms with Crippen LogP contribution in [0.5, 0.6) is 0 Å². The third-order valence-electron chi connectivity index (χ3n) is 0. The van der Waals surface area contributed by atoms with Gasteiger partial charge in [-0.25, -0.2) is 0 Å². The molecule has 6 nitrogen and oxygen atoms in total. The molecule has 0 amide bonds. The van der Waals surface area contributed by atoms with Gasteiger partial charge in [-0.2, -0.15) is 0 Å². The molecule has 0 aromatic carbocycles. The summed E-state index contributed by atoms with van der Waals surface area (Å²) in [6.07, 6.45) is 0. The summed E-state index contributed by atoms with van der Waals surface area (Å²) in [7, 11) is 0. The van der Waals surface area contributed by atoms with E-state index in [2.05, 4.69) is 0 Å². The molecule has 0 rings (SSSR count). The molecule has 0 radical (unpaired) electrons. The average Bonchev–Trinajstić information content (AvgIpc) is 1.54. The van der Waals surface area contributed by atoms with Crippen LogP contribution in [0, 0.1) is 0 Å². The number of hydrogen-bond acceptors (Lipinski definition) is 6. The molecule has 0 unspecified atom stereocenters. The molecule has 82 valence electrons. The molecular formula is C6H9O6Pd-3. The first-order valence-corrected chi connectivity index (χ1v) is 2.72. The van der Waals surface area contributed by atoms with Crippen LogP contribution < -0.4 is 15.3 Å². The molecule has 0 aromatic heterocycles. The van der Waals surface area contributed by atoms with Crippen molar-refractivity contribution in [2.75, 3.05) is 0 Å². The van der Waals surface area contributed by atoms with E-state index in [-0.39, 0.29) is 20.4 Å². The van der Waals surface area contributed by atoms with Gasteiger partial charge < -0.3 is 29.7 Å². The quantitative estimate of drug-likeness (QED) is 0.421. The summed E-state index contributed by atoms with van der Waals surface area (Å²) in [5.74, 6) is -3.25. The molecular weight excluding hydrogens is 274 g/mol. The molecule has 0 aliphatic heterocycles. The average molecular weight is 284 g/mol. The Morgan fingerprint density at radius 1 is 0.692 bits per heavy atom. The van der Waals surface area contributed by atoms with Gasteiger partial charge in [-0.3, -0.25) is 0 Å². The Hall–Kier alpha value is -0.928. The normalized spacial score (nSPS) is 5.77. The summed E-state index contributed by atoms with van der Waals surface area (Å²) >= 11 is 0. The first-order chi connectivity index (χ1) is 5.20. The zero-order valence-corrected chi connectivity index (χ0v) is 8.82. The smallest absolute Gasteiger partial charge is 0.0383 e. The summed E-state index contributed by atoms with van der Waals surface area (Å²) in [5, 5.41) is 26.7. The second-order valence-corrected chi connectivity index (χ2v) is 1.47. The summed E-state index contributed by atoms with van der Waals surface area (Å²) in [5.41, 5.74) is 0. The van der Waals surface area contributed by atoms with Crippen molar-refractivity contribution in [3.05, 3.63) is 0 Å². The van der Waals surface area contributed by atoms with E-state index < -0.39 is 17.9 Å². The van der Waals surface area contributed by atoms with Gasteiger partial charge in [0.25, 0.3) is 0 Å². The van der Waals surface area contributed by atoms with E-state index in [0.717, 1.165) is 20.8 Å². The van der Waals surface area contributed by atoms with E-state index in [1.807, 2.05) is 0 Å². The predicted molar refractivity (Wildman–Crippen MR) is 32.0 cm³/mol. The van der Waals surface area contributed by atoms with Gasteiger partial charge in [-0.15, -0.1) is 0 Å². The van der Waals surface area contributed by atoms with E-state index >= 15 is 0 Å². The Kier molecular flexibility index (Phi) is 30.1. The van der Waals surface area contributed by atoms with E-state index in [1.54, 1.807) is 0 Å². The summed E-state index contributed by atoms with van der Waals surface area (Å²) in [6, 6.07) is 0. The van der Waals surface area contributed by atoms with Crippen LogP contribution in [-0.4, -0.2) is 17.9 Å². The molecule has 0 bridgehead atoms. The molecule has 13 heavy (non-hydrogen) atoms. The topological polar surface area (TPSA) is 120 Å². The number of hydrogen-bond donors (Lipinski definition) is 0. The SMILES string of the molecule is CC(=O)[O-].CC(=O)[O-].CC(=O)[O-].[Pd]. The van der Waals surface area contributed by atoms with Crippen LogP contribution >= 0.6 is 0 Å². The first kappa shape index (κ1) is 22.7.